The van der Waals surface area contributed by atoms with E-state index in [0.29, 0.717) is 6.04 Å². The van der Waals surface area contributed by atoms with Crippen molar-refractivity contribution in [1.82, 2.24) is 10.2 Å². The second kappa shape index (κ2) is 7.60. The van der Waals surface area contributed by atoms with Crippen LogP contribution >= 0.6 is 0 Å². The third kappa shape index (κ3) is 4.58. The van der Waals surface area contributed by atoms with Gasteiger partial charge in [0, 0.05) is 12.6 Å². The minimum Gasteiger partial charge on any atom is -0.395 e. The average molecular weight is 264 g/mol. The molecule has 1 aromatic carbocycles. The van der Waals surface area contributed by atoms with Gasteiger partial charge in [0.25, 0.3) is 0 Å². The number of nitrogens with zero attached hydrogens (tertiary/aromatic N) is 1. The normalized spacial score (nSPS) is 18.1. The summed E-state index contributed by atoms with van der Waals surface area (Å²) in [5.74, 6) is 0. The number of aliphatic hydroxyl groups excluding tert-OH is 2. The third-order valence-electron chi connectivity index (χ3n) is 3.75. The first kappa shape index (κ1) is 14.5. The zero-order chi connectivity index (χ0) is 13.5. The summed E-state index contributed by atoms with van der Waals surface area (Å²) >= 11 is 0. The van der Waals surface area contributed by atoms with Crippen LogP contribution in [0.1, 0.15) is 18.4 Å². The molecule has 106 valence electrons. The minimum absolute atomic E-state index is 0.000724. The molecule has 2 rings (SSSR count). The largest absolute Gasteiger partial charge is 0.395 e. The Kier molecular flexibility index (Phi) is 5.79. The van der Waals surface area contributed by atoms with E-state index in [4.69, 9.17) is 10.2 Å². The van der Waals surface area contributed by atoms with E-state index in [0.717, 1.165) is 32.5 Å². The first-order valence-corrected chi connectivity index (χ1v) is 7.06. The summed E-state index contributed by atoms with van der Waals surface area (Å²) in [7, 11) is 0. The van der Waals surface area contributed by atoms with Crippen LogP contribution in [0.15, 0.2) is 30.3 Å². The predicted molar refractivity (Wildman–Crippen MR) is 75.8 cm³/mol. The molecular weight excluding hydrogens is 240 g/mol. The Morgan fingerprint density at radius 1 is 1.11 bits per heavy atom. The molecule has 0 unspecified atom stereocenters. The summed E-state index contributed by atoms with van der Waals surface area (Å²) < 4.78 is 0. The first-order valence-electron chi connectivity index (χ1n) is 7.06. The number of hydrogen-bond acceptors (Lipinski definition) is 4. The van der Waals surface area contributed by atoms with Crippen molar-refractivity contribution in [2.24, 2.45) is 0 Å². The zero-order valence-corrected chi connectivity index (χ0v) is 11.3. The molecule has 4 nitrogen and oxygen atoms in total. The maximum Gasteiger partial charge on any atom is 0.0607 e. The molecule has 0 spiro atoms. The van der Waals surface area contributed by atoms with Crippen molar-refractivity contribution in [1.29, 1.82) is 0 Å². The number of aliphatic hydroxyl groups is 2. The summed E-state index contributed by atoms with van der Waals surface area (Å²) in [4.78, 5) is 2.46. The lowest BCUT2D eigenvalue weighted by atomic mass is 10.0. The van der Waals surface area contributed by atoms with E-state index < -0.39 is 0 Å². The highest BCUT2D eigenvalue weighted by Gasteiger charge is 2.21. The van der Waals surface area contributed by atoms with Crippen LogP contribution in [0.4, 0.5) is 0 Å². The van der Waals surface area contributed by atoms with E-state index in [2.05, 4.69) is 34.5 Å². The van der Waals surface area contributed by atoms with Crippen molar-refractivity contribution in [2.75, 3.05) is 26.3 Å². The lowest BCUT2D eigenvalue weighted by molar-refractivity contribution is 0.135. The number of rotatable bonds is 6. The summed E-state index contributed by atoms with van der Waals surface area (Å²) in [5.41, 5.74) is 1.36. The Hall–Kier alpha value is -0.940. The van der Waals surface area contributed by atoms with Crippen molar-refractivity contribution in [2.45, 2.75) is 31.5 Å². The van der Waals surface area contributed by atoms with Crippen LogP contribution in [0.2, 0.25) is 0 Å². The summed E-state index contributed by atoms with van der Waals surface area (Å²) in [5, 5.41) is 21.5. The van der Waals surface area contributed by atoms with Gasteiger partial charge in [-0.15, -0.1) is 0 Å². The first-order chi connectivity index (χ1) is 9.31. The third-order valence-corrected chi connectivity index (χ3v) is 3.75. The molecule has 0 radical (unpaired) electrons. The van der Waals surface area contributed by atoms with Crippen LogP contribution in [-0.4, -0.2) is 53.5 Å². The van der Waals surface area contributed by atoms with Gasteiger partial charge in [0.2, 0.25) is 0 Å². The molecular formula is C15H24N2O2. The van der Waals surface area contributed by atoms with Crippen LogP contribution in [0, 0.1) is 0 Å². The fourth-order valence-corrected chi connectivity index (χ4v) is 2.60. The quantitative estimate of drug-likeness (QED) is 0.704. The Morgan fingerprint density at radius 2 is 1.74 bits per heavy atom. The molecule has 1 aliphatic rings. The fraction of sp³-hybridized carbons (Fsp3) is 0.600. The van der Waals surface area contributed by atoms with E-state index in [1.54, 1.807) is 0 Å². The van der Waals surface area contributed by atoms with E-state index in [1.807, 2.05) is 6.07 Å². The number of piperidine rings is 1. The van der Waals surface area contributed by atoms with Crippen LogP contribution in [0.3, 0.4) is 0 Å². The van der Waals surface area contributed by atoms with Crippen LogP contribution in [0.25, 0.3) is 0 Å². The molecule has 4 heteroatoms. The van der Waals surface area contributed by atoms with Gasteiger partial charge in [0.15, 0.2) is 0 Å². The van der Waals surface area contributed by atoms with Gasteiger partial charge in [-0.3, -0.25) is 4.90 Å². The second-order valence-corrected chi connectivity index (χ2v) is 5.26. The van der Waals surface area contributed by atoms with E-state index in [-0.39, 0.29) is 19.3 Å². The molecule has 1 fully saturated rings. The number of likely N-dealkylation sites (tertiary alicyclic amines) is 1. The molecule has 0 aliphatic carbocycles. The molecule has 1 saturated heterocycles. The van der Waals surface area contributed by atoms with Crippen molar-refractivity contribution < 1.29 is 10.2 Å². The highest BCUT2D eigenvalue weighted by Crippen LogP contribution is 2.14. The summed E-state index contributed by atoms with van der Waals surface area (Å²) in [6, 6.07) is 10.8. The number of nitrogens with one attached hydrogen (secondary N) is 1. The SMILES string of the molecule is OCC(CO)NC1CCN(Cc2ccccc2)CC1. The van der Waals surface area contributed by atoms with Crippen LogP contribution in [0.5, 0.6) is 0 Å². The zero-order valence-electron chi connectivity index (χ0n) is 11.3. The predicted octanol–water partition coefficient (Wildman–Crippen LogP) is 0.594. The molecule has 0 bridgehead atoms. The molecule has 0 aromatic heterocycles. The molecule has 1 aromatic rings. The topological polar surface area (TPSA) is 55.7 Å². The molecule has 0 amide bonds. The van der Waals surface area contributed by atoms with E-state index >= 15 is 0 Å². The Labute approximate surface area is 115 Å². The number of hydrogen-bond donors (Lipinski definition) is 3. The van der Waals surface area contributed by atoms with Crippen LogP contribution in [-0.2, 0) is 6.54 Å². The standard InChI is InChI=1S/C15H24N2O2/c18-11-15(12-19)16-14-6-8-17(9-7-14)10-13-4-2-1-3-5-13/h1-5,14-16,18-19H,6-12H2. The Bertz CT molecular complexity index is 346. The van der Waals surface area contributed by atoms with Gasteiger partial charge in [-0.25, -0.2) is 0 Å². The lowest BCUT2D eigenvalue weighted by Crippen LogP contribution is -2.48. The fourth-order valence-electron chi connectivity index (χ4n) is 2.60. The van der Waals surface area contributed by atoms with Gasteiger partial charge in [0.05, 0.1) is 19.3 Å². The second-order valence-electron chi connectivity index (χ2n) is 5.26. The van der Waals surface area contributed by atoms with Crippen molar-refractivity contribution in [3.63, 3.8) is 0 Å². The molecule has 0 atom stereocenters. The van der Waals surface area contributed by atoms with Gasteiger partial charge >= 0.3 is 0 Å². The van der Waals surface area contributed by atoms with Gasteiger partial charge in [0.1, 0.15) is 0 Å². The molecule has 0 saturated carbocycles. The molecule has 19 heavy (non-hydrogen) atoms. The average Bonchev–Trinajstić information content (AvgIpc) is 2.47. The Morgan fingerprint density at radius 3 is 2.32 bits per heavy atom. The van der Waals surface area contributed by atoms with Crippen molar-refractivity contribution >= 4 is 0 Å². The maximum absolute atomic E-state index is 9.07. The Balaban J connectivity index is 1.73. The van der Waals surface area contributed by atoms with Crippen LogP contribution < -0.4 is 5.32 Å². The smallest absolute Gasteiger partial charge is 0.0607 e. The van der Waals surface area contributed by atoms with Gasteiger partial charge in [-0.05, 0) is 31.5 Å². The lowest BCUT2D eigenvalue weighted by Gasteiger charge is -2.34. The van der Waals surface area contributed by atoms with E-state index in [1.165, 1.54) is 5.56 Å². The molecule has 3 N–H and O–H groups in total. The van der Waals surface area contributed by atoms with Crippen molar-refractivity contribution in [3.05, 3.63) is 35.9 Å². The van der Waals surface area contributed by atoms with Gasteiger partial charge in [-0.2, -0.15) is 0 Å². The van der Waals surface area contributed by atoms with Gasteiger partial charge < -0.3 is 15.5 Å². The summed E-state index contributed by atoms with van der Waals surface area (Å²) in [6.07, 6.45) is 2.15. The number of benzene rings is 1. The maximum atomic E-state index is 9.07. The van der Waals surface area contributed by atoms with Gasteiger partial charge in [-0.1, -0.05) is 30.3 Å². The minimum atomic E-state index is -0.175. The van der Waals surface area contributed by atoms with E-state index in [9.17, 15) is 0 Å². The van der Waals surface area contributed by atoms with Crippen molar-refractivity contribution in [3.8, 4) is 0 Å². The molecule has 1 heterocycles. The monoisotopic (exact) mass is 264 g/mol. The molecule has 1 aliphatic heterocycles. The highest BCUT2D eigenvalue weighted by atomic mass is 16.3. The highest BCUT2D eigenvalue weighted by molar-refractivity contribution is 5.14. The summed E-state index contributed by atoms with van der Waals surface area (Å²) in [6.45, 7) is 3.14.